The predicted octanol–water partition coefficient (Wildman–Crippen LogP) is 1.69. The van der Waals surface area contributed by atoms with Crippen molar-refractivity contribution in [3.05, 3.63) is 39.4 Å². The lowest BCUT2D eigenvalue weighted by atomic mass is 10.3. The van der Waals surface area contributed by atoms with Gasteiger partial charge in [0.1, 0.15) is 4.60 Å². The highest BCUT2D eigenvalue weighted by molar-refractivity contribution is 9.10. The van der Waals surface area contributed by atoms with E-state index in [4.69, 9.17) is 0 Å². The molecule has 0 radical (unpaired) electrons. The number of aromatic amines is 1. The van der Waals surface area contributed by atoms with Gasteiger partial charge in [-0.1, -0.05) is 0 Å². The smallest absolute Gasteiger partial charge is 0.248 e. The monoisotopic (exact) mass is 224 g/mol. The topological polar surface area (TPSA) is 45.8 Å². The van der Waals surface area contributed by atoms with Crippen LogP contribution in [0.4, 0.5) is 0 Å². The lowest BCUT2D eigenvalue weighted by molar-refractivity contribution is 1.25. The van der Waals surface area contributed by atoms with Crippen LogP contribution >= 0.6 is 15.9 Å². The Kier molecular flexibility index (Phi) is 1.69. The van der Waals surface area contributed by atoms with Crippen molar-refractivity contribution in [1.29, 1.82) is 0 Å². The summed E-state index contributed by atoms with van der Waals surface area (Å²) in [6.45, 7) is 0. The Balaban J connectivity index is 2.96. The summed E-state index contributed by atoms with van der Waals surface area (Å²) in [7, 11) is 0. The second-order valence-corrected chi connectivity index (χ2v) is 3.14. The first-order valence-corrected chi connectivity index (χ1v) is 4.20. The summed E-state index contributed by atoms with van der Waals surface area (Å²) in [6.07, 6.45) is 1.64. The van der Waals surface area contributed by atoms with Crippen LogP contribution in [0, 0.1) is 0 Å². The quantitative estimate of drug-likeness (QED) is 0.693. The standard InChI is InChI=1S/C8H5BrN2O/c9-8-5-1-2-7(12)11-6(5)3-4-10-8/h1-4H,(H,11,12). The normalized spacial score (nSPS) is 10.4. The van der Waals surface area contributed by atoms with Crippen molar-refractivity contribution in [2.45, 2.75) is 0 Å². The van der Waals surface area contributed by atoms with E-state index in [1.807, 2.05) is 0 Å². The van der Waals surface area contributed by atoms with Crippen LogP contribution in [0.25, 0.3) is 10.9 Å². The van der Waals surface area contributed by atoms with Crippen molar-refractivity contribution in [2.75, 3.05) is 0 Å². The molecule has 2 rings (SSSR count). The summed E-state index contributed by atoms with van der Waals surface area (Å²) < 4.78 is 0.747. The highest BCUT2D eigenvalue weighted by Gasteiger charge is 1.97. The fourth-order valence-electron chi connectivity index (χ4n) is 1.05. The van der Waals surface area contributed by atoms with Crippen LogP contribution in [0.2, 0.25) is 0 Å². The molecule has 0 amide bonds. The minimum atomic E-state index is -0.0967. The number of hydrogen-bond acceptors (Lipinski definition) is 2. The second-order valence-electron chi connectivity index (χ2n) is 2.39. The predicted molar refractivity (Wildman–Crippen MR) is 50.1 cm³/mol. The molecule has 1 N–H and O–H groups in total. The molecule has 0 unspecified atom stereocenters. The van der Waals surface area contributed by atoms with Gasteiger partial charge in [0.2, 0.25) is 5.56 Å². The average Bonchev–Trinajstić information content (AvgIpc) is 2.04. The maximum atomic E-state index is 10.9. The van der Waals surface area contributed by atoms with Gasteiger partial charge in [-0.25, -0.2) is 4.98 Å². The number of nitrogens with zero attached hydrogens (tertiary/aromatic N) is 1. The summed E-state index contributed by atoms with van der Waals surface area (Å²) in [5.41, 5.74) is 0.699. The van der Waals surface area contributed by atoms with Gasteiger partial charge in [0.05, 0.1) is 5.52 Å². The molecule has 0 saturated heterocycles. The van der Waals surface area contributed by atoms with Gasteiger partial charge in [-0.3, -0.25) is 4.79 Å². The molecule has 0 atom stereocenters. The van der Waals surface area contributed by atoms with E-state index in [0.717, 1.165) is 15.5 Å². The van der Waals surface area contributed by atoms with Crippen LogP contribution in [0.3, 0.4) is 0 Å². The molecule has 0 aliphatic heterocycles. The van der Waals surface area contributed by atoms with Crippen molar-refractivity contribution < 1.29 is 0 Å². The summed E-state index contributed by atoms with van der Waals surface area (Å²) in [5, 5.41) is 0.914. The number of H-pyrrole nitrogens is 1. The van der Waals surface area contributed by atoms with Crippen LogP contribution in [-0.4, -0.2) is 9.97 Å². The fourth-order valence-corrected chi connectivity index (χ4v) is 1.51. The highest BCUT2D eigenvalue weighted by atomic mass is 79.9. The molecule has 0 aliphatic carbocycles. The molecule has 2 aromatic rings. The largest absolute Gasteiger partial charge is 0.322 e. The fraction of sp³-hybridized carbons (Fsp3) is 0. The van der Waals surface area contributed by atoms with Gasteiger partial charge in [-0.15, -0.1) is 0 Å². The number of rotatable bonds is 0. The third-order valence-electron chi connectivity index (χ3n) is 1.60. The molecule has 12 heavy (non-hydrogen) atoms. The van der Waals surface area contributed by atoms with Crippen molar-refractivity contribution in [3.63, 3.8) is 0 Å². The van der Waals surface area contributed by atoms with E-state index in [-0.39, 0.29) is 5.56 Å². The number of nitrogens with one attached hydrogen (secondary N) is 1. The van der Waals surface area contributed by atoms with E-state index >= 15 is 0 Å². The second kappa shape index (κ2) is 2.71. The number of halogens is 1. The average molecular weight is 225 g/mol. The lowest BCUT2D eigenvalue weighted by Crippen LogP contribution is -2.02. The zero-order valence-corrected chi connectivity index (χ0v) is 7.63. The third-order valence-corrected chi connectivity index (χ3v) is 2.23. The van der Waals surface area contributed by atoms with Gasteiger partial charge >= 0.3 is 0 Å². The Bertz CT molecular complexity index is 478. The van der Waals surface area contributed by atoms with Crippen LogP contribution in [0.5, 0.6) is 0 Å². The zero-order chi connectivity index (χ0) is 8.55. The maximum absolute atomic E-state index is 10.9. The molecule has 2 aromatic heterocycles. The minimum absolute atomic E-state index is 0.0967. The van der Waals surface area contributed by atoms with Crippen LogP contribution in [0.1, 0.15) is 0 Å². The van der Waals surface area contributed by atoms with Crippen LogP contribution in [0.15, 0.2) is 33.8 Å². The van der Waals surface area contributed by atoms with Crippen molar-refractivity contribution >= 4 is 26.8 Å². The SMILES string of the molecule is O=c1ccc2c(Br)nccc2[nH]1. The van der Waals surface area contributed by atoms with E-state index in [2.05, 4.69) is 25.9 Å². The molecule has 60 valence electrons. The van der Waals surface area contributed by atoms with Gasteiger partial charge in [0.25, 0.3) is 0 Å². The number of aromatic nitrogens is 2. The Morgan fingerprint density at radius 2 is 2.17 bits per heavy atom. The van der Waals surface area contributed by atoms with E-state index in [1.165, 1.54) is 6.07 Å². The number of pyridine rings is 2. The van der Waals surface area contributed by atoms with Gasteiger partial charge in [0, 0.05) is 17.6 Å². The molecule has 4 heteroatoms. The number of hydrogen-bond donors (Lipinski definition) is 1. The first kappa shape index (κ1) is 7.49. The summed E-state index contributed by atoms with van der Waals surface area (Å²) in [5.74, 6) is 0. The van der Waals surface area contributed by atoms with Crippen molar-refractivity contribution in [3.8, 4) is 0 Å². The Hall–Kier alpha value is -1.16. The van der Waals surface area contributed by atoms with Crippen LogP contribution < -0.4 is 5.56 Å². The molecule has 0 bridgehead atoms. The van der Waals surface area contributed by atoms with Gasteiger partial charge in [0.15, 0.2) is 0 Å². The molecular formula is C8H5BrN2O. The molecule has 0 spiro atoms. The van der Waals surface area contributed by atoms with Gasteiger partial charge in [-0.2, -0.15) is 0 Å². The lowest BCUT2D eigenvalue weighted by Gasteiger charge is -1.96. The maximum Gasteiger partial charge on any atom is 0.248 e. The van der Waals surface area contributed by atoms with Crippen molar-refractivity contribution in [2.24, 2.45) is 0 Å². The molecular weight excluding hydrogens is 220 g/mol. The highest BCUT2D eigenvalue weighted by Crippen LogP contribution is 2.17. The summed E-state index contributed by atoms with van der Waals surface area (Å²) in [6, 6.07) is 4.99. The molecule has 0 aliphatic rings. The Morgan fingerprint density at radius 1 is 1.33 bits per heavy atom. The third kappa shape index (κ3) is 1.14. The number of fused-ring (bicyclic) bond motifs is 1. The summed E-state index contributed by atoms with van der Waals surface area (Å²) >= 11 is 3.29. The van der Waals surface area contributed by atoms with E-state index in [1.54, 1.807) is 18.3 Å². The summed E-state index contributed by atoms with van der Waals surface area (Å²) in [4.78, 5) is 17.6. The minimum Gasteiger partial charge on any atom is -0.322 e. The first-order chi connectivity index (χ1) is 5.77. The Labute approximate surface area is 76.6 Å². The first-order valence-electron chi connectivity index (χ1n) is 3.41. The van der Waals surface area contributed by atoms with E-state index in [0.29, 0.717) is 0 Å². The van der Waals surface area contributed by atoms with Gasteiger partial charge in [-0.05, 0) is 28.1 Å². The Morgan fingerprint density at radius 3 is 3.00 bits per heavy atom. The van der Waals surface area contributed by atoms with E-state index in [9.17, 15) is 4.79 Å². The zero-order valence-electron chi connectivity index (χ0n) is 6.04. The molecule has 2 heterocycles. The molecule has 0 aromatic carbocycles. The molecule has 3 nitrogen and oxygen atoms in total. The molecule has 0 saturated carbocycles. The van der Waals surface area contributed by atoms with Crippen LogP contribution in [-0.2, 0) is 0 Å². The van der Waals surface area contributed by atoms with Gasteiger partial charge < -0.3 is 4.98 Å². The molecule has 0 fully saturated rings. The van der Waals surface area contributed by atoms with Crippen molar-refractivity contribution in [1.82, 2.24) is 9.97 Å². The van der Waals surface area contributed by atoms with E-state index < -0.39 is 0 Å².